The number of pyridine rings is 1. The Morgan fingerprint density at radius 2 is 2.09 bits per heavy atom. The molecule has 0 spiro atoms. The minimum atomic E-state index is -1.38. The van der Waals surface area contributed by atoms with Gasteiger partial charge in [-0.1, -0.05) is 0 Å². The molecule has 0 aliphatic carbocycles. The zero-order valence-corrected chi connectivity index (χ0v) is 13.9. The van der Waals surface area contributed by atoms with Crippen molar-refractivity contribution in [1.82, 2.24) is 15.0 Å². The van der Waals surface area contributed by atoms with E-state index < -0.39 is 10.8 Å². The summed E-state index contributed by atoms with van der Waals surface area (Å²) < 4.78 is 17.7. The van der Waals surface area contributed by atoms with E-state index in [1.54, 1.807) is 33.2 Å². The van der Waals surface area contributed by atoms with Crippen molar-refractivity contribution in [3.63, 3.8) is 0 Å². The number of methoxy groups -OCH3 is 1. The highest BCUT2D eigenvalue weighted by Crippen LogP contribution is 2.20. The molecule has 0 aliphatic rings. The summed E-state index contributed by atoms with van der Waals surface area (Å²) in [5, 5.41) is 0.383. The molecule has 1 aromatic carbocycles. The van der Waals surface area contributed by atoms with Gasteiger partial charge in [0, 0.05) is 29.1 Å². The van der Waals surface area contributed by atoms with Gasteiger partial charge >= 0.3 is 0 Å². The van der Waals surface area contributed by atoms with Crippen LogP contribution in [0.1, 0.15) is 16.8 Å². The number of fused-ring (bicyclic) bond motifs is 1. The zero-order chi connectivity index (χ0) is 16.6. The summed E-state index contributed by atoms with van der Waals surface area (Å²) in [5.74, 6) is 0.912. The molecule has 7 heteroatoms. The van der Waals surface area contributed by atoms with Crippen molar-refractivity contribution in [1.29, 1.82) is 0 Å². The summed E-state index contributed by atoms with van der Waals surface area (Å²) in [6, 6.07) is 5.42. The molecule has 0 bridgehead atoms. The Labute approximate surface area is 135 Å². The van der Waals surface area contributed by atoms with Gasteiger partial charge in [0.2, 0.25) is 0 Å². The average Bonchev–Trinajstić information content (AvgIpc) is 2.98. The summed E-state index contributed by atoms with van der Waals surface area (Å²) in [6.07, 6.45) is 1.64. The van der Waals surface area contributed by atoms with Gasteiger partial charge in [-0.05, 0) is 26.0 Å². The SMILES string of the molecule is COc1ccc2nc([S@@](=O)Cc3[nH]cc(C)c(=O)c3C)[nH]c2c1. The molecule has 2 N–H and O–H groups in total. The van der Waals surface area contributed by atoms with Gasteiger partial charge in [0.1, 0.15) is 5.75 Å². The maximum Gasteiger partial charge on any atom is 0.197 e. The number of imidazole rings is 1. The Morgan fingerprint density at radius 3 is 2.83 bits per heavy atom. The molecule has 3 aromatic rings. The van der Waals surface area contributed by atoms with Crippen LogP contribution in [0.3, 0.4) is 0 Å². The summed E-state index contributed by atoms with van der Waals surface area (Å²) in [5.41, 5.74) is 3.37. The fourth-order valence-corrected chi connectivity index (χ4v) is 3.47. The van der Waals surface area contributed by atoms with E-state index in [2.05, 4.69) is 15.0 Å². The van der Waals surface area contributed by atoms with Crippen LogP contribution in [0, 0.1) is 13.8 Å². The Morgan fingerprint density at radius 1 is 1.30 bits per heavy atom. The zero-order valence-electron chi connectivity index (χ0n) is 13.1. The van der Waals surface area contributed by atoms with Crippen LogP contribution in [0.2, 0.25) is 0 Å². The molecule has 2 heterocycles. The molecule has 23 heavy (non-hydrogen) atoms. The second-order valence-corrected chi connectivity index (χ2v) is 6.69. The Kier molecular flexibility index (Phi) is 4.04. The van der Waals surface area contributed by atoms with E-state index in [9.17, 15) is 9.00 Å². The van der Waals surface area contributed by atoms with Gasteiger partial charge in [-0.3, -0.25) is 9.00 Å². The van der Waals surface area contributed by atoms with Crippen LogP contribution >= 0.6 is 0 Å². The maximum atomic E-state index is 12.6. The lowest BCUT2D eigenvalue weighted by Crippen LogP contribution is -2.14. The number of aromatic amines is 2. The van der Waals surface area contributed by atoms with Crippen molar-refractivity contribution < 1.29 is 8.95 Å². The Hall–Kier alpha value is -2.41. The van der Waals surface area contributed by atoms with Crippen LogP contribution in [0.25, 0.3) is 11.0 Å². The van der Waals surface area contributed by atoms with Crippen molar-refractivity contribution in [3.05, 3.63) is 51.4 Å². The molecule has 0 amide bonds. The fourth-order valence-electron chi connectivity index (χ4n) is 2.35. The van der Waals surface area contributed by atoms with Gasteiger partial charge in [0.05, 0.1) is 34.7 Å². The predicted octanol–water partition coefficient (Wildman–Crippen LogP) is 2.18. The number of rotatable bonds is 4. The lowest BCUT2D eigenvalue weighted by Gasteiger charge is -2.05. The minimum Gasteiger partial charge on any atom is -0.497 e. The van der Waals surface area contributed by atoms with Crippen LogP contribution < -0.4 is 10.2 Å². The van der Waals surface area contributed by atoms with Crippen LogP contribution in [-0.2, 0) is 16.6 Å². The molecule has 0 radical (unpaired) electrons. The van der Waals surface area contributed by atoms with E-state index in [4.69, 9.17) is 4.74 Å². The normalized spacial score (nSPS) is 12.5. The molecule has 3 rings (SSSR count). The van der Waals surface area contributed by atoms with Crippen molar-refractivity contribution in [2.45, 2.75) is 24.8 Å². The molecule has 0 saturated carbocycles. The van der Waals surface area contributed by atoms with Gasteiger partial charge in [0.15, 0.2) is 10.6 Å². The highest BCUT2D eigenvalue weighted by Gasteiger charge is 2.14. The summed E-state index contributed by atoms with van der Waals surface area (Å²) in [4.78, 5) is 22.4. The first-order valence-electron chi connectivity index (χ1n) is 7.09. The third-order valence-corrected chi connectivity index (χ3v) is 4.95. The number of H-pyrrole nitrogens is 2. The largest absolute Gasteiger partial charge is 0.497 e. The van der Waals surface area contributed by atoms with Crippen molar-refractivity contribution in [3.8, 4) is 5.75 Å². The van der Waals surface area contributed by atoms with Gasteiger partial charge in [0.25, 0.3) is 0 Å². The number of benzene rings is 1. The number of hydrogen-bond donors (Lipinski definition) is 2. The summed E-state index contributed by atoms with van der Waals surface area (Å²) >= 11 is 0. The van der Waals surface area contributed by atoms with Crippen LogP contribution in [0.4, 0.5) is 0 Å². The first-order chi connectivity index (χ1) is 11.0. The summed E-state index contributed by atoms with van der Waals surface area (Å²) in [6.45, 7) is 3.49. The first-order valence-corrected chi connectivity index (χ1v) is 8.41. The topological polar surface area (TPSA) is 87.8 Å². The van der Waals surface area contributed by atoms with E-state index in [-0.39, 0.29) is 11.2 Å². The number of hydrogen-bond acceptors (Lipinski definition) is 4. The quantitative estimate of drug-likeness (QED) is 0.767. The van der Waals surface area contributed by atoms with E-state index in [0.717, 1.165) is 11.0 Å². The maximum absolute atomic E-state index is 12.6. The molecule has 2 aromatic heterocycles. The van der Waals surface area contributed by atoms with E-state index in [1.807, 2.05) is 12.1 Å². The molecule has 0 unspecified atom stereocenters. The van der Waals surface area contributed by atoms with Crippen molar-refractivity contribution in [2.75, 3.05) is 7.11 Å². The third-order valence-electron chi connectivity index (χ3n) is 3.77. The standard InChI is InChI=1S/C16H17N3O3S/c1-9-7-17-14(10(2)15(9)20)8-23(21)16-18-12-5-4-11(22-3)6-13(12)19-16/h4-7H,8H2,1-3H3,(H,17,20)(H,18,19)/t23-/m0/s1. The molecule has 0 aliphatic heterocycles. The van der Waals surface area contributed by atoms with Gasteiger partial charge in [-0.25, -0.2) is 4.98 Å². The number of ether oxygens (including phenoxy) is 1. The molecule has 0 fully saturated rings. The van der Waals surface area contributed by atoms with Crippen LogP contribution in [0.15, 0.2) is 34.3 Å². The van der Waals surface area contributed by atoms with Crippen LogP contribution in [0.5, 0.6) is 5.75 Å². The smallest absolute Gasteiger partial charge is 0.197 e. The number of aromatic nitrogens is 3. The van der Waals surface area contributed by atoms with Gasteiger partial charge < -0.3 is 14.7 Å². The molecule has 0 saturated heterocycles. The number of aryl methyl sites for hydroxylation is 1. The monoisotopic (exact) mass is 331 g/mol. The third kappa shape index (κ3) is 2.92. The molecular formula is C16H17N3O3S. The first kappa shape index (κ1) is 15.5. The predicted molar refractivity (Wildman–Crippen MR) is 89.3 cm³/mol. The second kappa shape index (κ2) is 6.00. The van der Waals surface area contributed by atoms with E-state index in [1.165, 1.54) is 0 Å². The van der Waals surface area contributed by atoms with Crippen LogP contribution in [-0.4, -0.2) is 26.3 Å². The summed E-state index contributed by atoms with van der Waals surface area (Å²) in [7, 11) is 0.212. The van der Waals surface area contributed by atoms with Crippen molar-refractivity contribution in [2.24, 2.45) is 0 Å². The molecule has 1 atom stereocenters. The molecule has 6 nitrogen and oxygen atoms in total. The van der Waals surface area contributed by atoms with Crippen molar-refractivity contribution >= 4 is 21.8 Å². The lowest BCUT2D eigenvalue weighted by atomic mass is 10.2. The fraction of sp³-hybridized carbons (Fsp3) is 0.250. The lowest BCUT2D eigenvalue weighted by molar-refractivity contribution is 0.415. The number of nitrogens with zero attached hydrogens (tertiary/aromatic N) is 1. The Balaban J connectivity index is 1.92. The highest BCUT2D eigenvalue weighted by atomic mass is 32.2. The highest BCUT2D eigenvalue weighted by molar-refractivity contribution is 7.84. The molecule has 120 valence electrons. The second-order valence-electron chi connectivity index (χ2n) is 5.32. The molecular weight excluding hydrogens is 314 g/mol. The van der Waals surface area contributed by atoms with E-state index in [0.29, 0.717) is 27.7 Å². The van der Waals surface area contributed by atoms with Gasteiger partial charge in [-0.2, -0.15) is 0 Å². The average molecular weight is 331 g/mol. The Bertz CT molecular complexity index is 959. The minimum absolute atomic E-state index is 0.0231. The van der Waals surface area contributed by atoms with Gasteiger partial charge in [-0.15, -0.1) is 0 Å². The van der Waals surface area contributed by atoms with E-state index >= 15 is 0 Å². The number of nitrogens with one attached hydrogen (secondary N) is 2.